The van der Waals surface area contributed by atoms with Crippen LogP contribution in [0.4, 0.5) is 4.39 Å². The number of hydrogen-bond donors (Lipinski definition) is 1. The second kappa shape index (κ2) is 9.35. The molecule has 0 saturated carbocycles. The van der Waals surface area contributed by atoms with E-state index >= 15 is 0 Å². The van der Waals surface area contributed by atoms with Crippen LogP contribution in [0.1, 0.15) is 35.3 Å². The zero-order valence-electron chi connectivity index (χ0n) is 17.0. The molecular formula is C22H27FN2O3. The van der Waals surface area contributed by atoms with Gasteiger partial charge in [0.1, 0.15) is 6.04 Å². The summed E-state index contributed by atoms with van der Waals surface area (Å²) in [5.41, 5.74) is 2.03. The van der Waals surface area contributed by atoms with Crippen molar-refractivity contribution in [1.82, 2.24) is 10.2 Å². The fourth-order valence-electron chi connectivity index (χ4n) is 2.96. The van der Waals surface area contributed by atoms with Crippen LogP contribution < -0.4 is 10.1 Å². The molecule has 2 aromatic rings. The van der Waals surface area contributed by atoms with Crippen LogP contribution in [0.15, 0.2) is 42.5 Å². The Kier molecular flexibility index (Phi) is 7.15. The van der Waals surface area contributed by atoms with E-state index in [4.69, 9.17) is 4.74 Å². The van der Waals surface area contributed by atoms with Gasteiger partial charge in [-0.25, -0.2) is 4.39 Å². The topological polar surface area (TPSA) is 58.6 Å². The second-order valence-electron chi connectivity index (χ2n) is 7.17. The Hall–Kier alpha value is -2.89. The van der Waals surface area contributed by atoms with Gasteiger partial charge in [-0.2, -0.15) is 0 Å². The highest BCUT2D eigenvalue weighted by molar-refractivity contribution is 5.98. The largest absolute Gasteiger partial charge is 0.494 e. The average molecular weight is 386 g/mol. The third-order valence-corrected chi connectivity index (χ3v) is 4.62. The van der Waals surface area contributed by atoms with E-state index in [1.54, 1.807) is 25.2 Å². The minimum Gasteiger partial charge on any atom is -0.494 e. The standard InChI is InChI=1S/C22H27FN2O3/c1-14(2)20(24-21(26)17-9-7-6-8-15(17)3)22(27)25(4)13-16-10-11-19(28-5)18(23)12-16/h6-12,14,20H,13H2,1-5H3,(H,24,26). The Morgan fingerprint density at radius 2 is 1.86 bits per heavy atom. The lowest BCUT2D eigenvalue weighted by molar-refractivity contribution is -0.133. The Bertz CT molecular complexity index is 851. The van der Waals surface area contributed by atoms with Crippen LogP contribution in [0, 0.1) is 18.7 Å². The maximum atomic E-state index is 13.9. The highest BCUT2D eigenvalue weighted by atomic mass is 19.1. The number of aryl methyl sites for hydroxylation is 1. The molecule has 1 atom stereocenters. The fraction of sp³-hybridized carbons (Fsp3) is 0.364. The maximum absolute atomic E-state index is 13.9. The number of methoxy groups -OCH3 is 1. The molecule has 0 bridgehead atoms. The third kappa shape index (κ3) is 5.09. The van der Waals surface area contributed by atoms with Crippen molar-refractivity contribution in [2.75, 3.05) is 14.2 Å². The predicted octanol–water partition coefficient (Wildman–Crippen LogP) is 3.56. The van der Waals surface area contributed by atoms with Gasteiger partial charge in [0.15, 0.2) is 11.6 Å². The monoisotopic (exact) mass is 386 g/mol. The molecule has 0 aliphatic heterocycles. The molecule has 0 aliphatic rings. The van der Waals surface area contributed by atoms with Crippen molar-refractivity contribution in [2.45, 2.75) is 33.4 Å². The number of nitrogens with zero attached hydrogens (tertiary/aromatic N) is 1. The van der Waals surface area contributed by atoms with Gasteiger partial charge >= 0.3 is 0 Å². The molecule has 0 aromatic heterocycles. The summed E-state index contributed by atoms with van der Waals surface area (Å²) in [5, 5.41) is 2.85. The third-order valence-electron chi connectivity index (χ3n) is 4.62. The SMILES string of the molecule is COc1ccc(CN(C)C(=O)C(NC(=O)c2ccccc2C)C(C)C)cc1F. The molecule has 0 radical (unpaired) electrons. The van der Waals surface area contributed by atoms with Crippen LogP contribution in [-0.4, -0.2) is 36.9 Å². The summed E-state index contributed by atoms with van der Waals surface area (Å²) >= 11 is 0. The fourth-order valence-corrected chi connectivity index (χ4v) is 2.96. The number of halogens is 1. The molecule has 0 aliphatic carbocycles. The number of nitrogens with one attached hydrogen (secondary N) is 1. The first kappa shape index (κ1) is 21.4. The predicted molar refractivity (Wildman–Crippen MR) is 107 cm³/mol. The number of ether oxygens (including phenoxy) is 1. The van der Waals surface area contributed by atoms with Crippen LogP contribution in [0.25, 0.3) is 0 Å². The summed E-state index contributed by atoms with van der Waals surface area (Å²) < 4.78 is 18.8. The van der Waals surface area contributed by atoms with Crippen LogP contribution in [0.5, 0.6) is 5.75 Å². The second-order valence-corrected chi connectivity index (χ2v) is 7.17. The van der Waals surface area contributed by atoms with Crippen LogP contribution in [0.2, 0.25) is 0 Å². The molecule has 1 N–H and O–H groups in total. The van der Waals surface area contributed by atoms with Crippen molar-refractivity contribution in [3.8, 4) is 5.75 Å². The first-order chi connectivity index (χ1) is 13.2. The Balaban J connectivity index is 2.12. The van der Waals surface area contributed by atoms with Crippen molar-refractivity contribution in [2.24, 2.45) is 5.92 Å². The van der Waals surface area contributed by atoms with Gasteiger partial charge in [0.2, 0.25) is 5.91 Å². The zero-order valence-corrected chi connectivity index (χ0v) is 17.0. The van der Waals surface area contributed by atoms with Gasteiger partial charge in [-0.3, -0.25) is 9.59 Å². The minimum atomic E-state index is -0.680. The van der Waals surface area contributed by atoms with Crippen molar-refractivity contribution in [3.63, 3.8) is 0 Å². The Labute approximate surface area is 165 Å². The summed E-state index contributed by atoms with van der Waals surface area (Å²) in [6.45, 7) is 5.83. The molecule has 28 heavy (non-hydrogen) atoms. The number of rotatable bonds is 7. The summed E-state index contributed by atoms with van der Waals surface area (Å²) in [5.74, 6) is -0.935. The van der Waals surface area contributed by atoms with Crippen molar-refractivity contribution in [3.05, 3.63) is 65.0 Å². The molecule has 0 fully saturated rings. The van der Waals surface area contributed by atoms with Crippen LogP contribution in [0.3, 0.4) is 0 Å². The van der Waals surface area contributed by atoms with Crippen LogP contribution >= 0.6 is 0 Å². The van der Waals surface area contributed by atoms with E-state index in [0.29, 0.717) is 11.1 Å². The molecule has 0 saturated heterocycles. The van der Waals surface area contributed by atoms with Gasteiger partial charge in [-0.15, -0.1) is 0 Å². The lowest BCUT2D eigenvalue weighted by Crippen LogP contribution is -2.50. The number of amides is 2. The number of carbonyl (C=O) groups is 2. The highest BCUT2D eigenvalue weighted by Crippen LogP contribution is 2.19. The quantitative estimate of drug-likeness (QED) is 0.792. The van der Waals surface area contributed by atoms with Crippen molar-refractivity contribution >= 4 is 11.8 Å². The number of hydrogen-bond acceptors (Lipinski definition) is 3. The van der Waals surface area contributed by atoms with Gasteiger partial charge in [-0.05, 0) is 42.2 Å². The normalized spacial score (nSPS) is 11.8. The molecule has 150 valence electrons. The van der Waals surface area contributed by atoms with E-state index in [1.165, 1.54) is 24.1 Å². The van der Waals surface area contributed by atoms with Gasteiger partial charge in [0.05, 0.1) is 7.11 Å². The molecule has 2 rings (SSSR count). The molecule has 0 heterocycles. The number of likely N-dealkylation sites (N-methyl/N-ethyl adjacent to an activating group) is 1. The zero-order chi connectivity index (χ0) is 20.8. The molecule has 6 heteroatoms. The van der Waals surface area contributed by atoms with E-state index in [-0.39, 0.29) is 30.0 Å². The molecule has 1 unspecified atom stereocenters. The average Bonchev–Trinajstić information content (AvgIpc) is 2.65. The Morgan fingerprint density at radius 3 is 2.43 bits per heavy atom. The lowest BCUT2D eigenvalue weighted by Gasteiger charge is -2.27. The summed E-state index contributed by atoms with van der Waals surface area (Å²) in [6, 6.07) is 11.1. The van der Waals surface area contributed by atoms with Gasteiger partial charge in [0, 0.05) is 19.2 Å². The summed E-state index contributed by atoms with van der Waals surface area (Å²) in [7, 11) is 3.04. The van der Waals surface area contributed by atoms with Crippen molar-refractivity contribution < 1.29 is 18.7 Å². The number of carbonyl (C=O) groups excluding carboxylic acids is 2. The van der Waals surface area contributed by atoms with Gasteiger partial charge in [0.25, 0.3) is 5.91 Å². The van der Waals surface area contributed by atoms with E-state index in [2.05, 4.69) is 5.32 Å². The summed E-state index contributed by atoms with van der Waals surface area (Å²) in [6.07, 6.45) is 0. The van der Waals surface area contributed by atoms with E-state index < -0.39 is 11.9 Å². The smallest absolute Gasteiger partial charge is 0.252 e. The molecule has 2 aromatic carbocycles. The Morgan fingerprint density at radius 1 is 1.18 bits per heavy atom. The highest BCUT2D eigenvalue weighted by Gasteiger charge is 2.27. The van der Waals surface area contributed by atoms with E-state index in [9.17, 15) is 14.0 Å². The summed E-state index contributed by atoms with van der Waals surface area (Å²) in [4.78, 5) is 27.1. The molecule has 5 nitrogen and oxygen atoms in total. The van der Waals surface area contributed by atoms with Gasteiger partial charge < -0.3 is 15.0 Å². The molecule has 2 amide bonds. The van der Waals surface area contributed by atoms with E-state index in [0.717, 1.165) is 5.56 Å². The van der Waals surface area contributed by atoms with Crippen LogP contribution in [-0.2, 0) is 11.3 Å². The van der Waals surface area contributed by atoms with Crippen molar-refractivity contribution in [1.29, 1.82) is 0 Å². The minimum absolute atomic E-state index is 0.101. The van der Waals surface area contributed by atoms with E-state index in [1.807, 2.05) is 32.9 Å². The molecule has 0 spiro atoms. The first-order valence-electron chi connectivity index (χ1n) is 9.18. The number of benzene rings is 2. The lowest BCUT2D eigenvalue weighted by atomic mass is 10.0. The maximum Gasteiger partial charge on any atom is 0.252 e. The first-order valence-corrected chi connectivity index (χ1v) is 9.18. The molecular weight excluding hydrogens is 359 g/mol. The van der Waals surface area contributed by atoms with Gasteiger partial charge in [-0.1, -0.05) is 38.1 Å².